The second-order valence-corrected chi connectivity index (χ2v) is 12.9. The van der Waals surface area contributed by atoms with E-state index in [4.69, 9.17) is 9.47 Å². The maximum absolute atomic E-state index is 13.9. The zero-order valence-corrected chi connectivity index (χ0v) is 25.7. The molecule has 3 rings (SSSR count). The second kappa shape index (κ2) is 14.5. The van der Waals surface area contributed by atoms with Gasteiger partial charge in [0, 0.05) is 25.0 Å². The molecule has 1 saturated carbocycles. The molecule has 41 heavy (non-hydrogen) atoms. The SMILES string of the molecule is CCCCCCN(Cc1ccccc1)C(=O)NC1(C(CNC(=O)C2OC(C)(C)OCC2(C)C)C(=O)O)CCCCC1. The summed E-state index contributed by atoms with van der Waals surface area (Å²) in [7, 11) is 0. The normalized spacial score (nSPS) is 21.8. The van der Waals surface area contributed by atoms with Crippen molar-refractivity contribution in [2.45, 2.75) is 116 Å². The fourth-order valence-electron chi connectivity index (χ4n) is 5.96. The molecular weight excluding hydrogens is 522 g/mol. The van der Waals surface area contributed by atoms with Gasteiger partial charge in [-0.05, 0) is 38.7 Å². The van der Waals surface area contributed by atoms with E-state index in [9.17, 15) is 19.5 Å². The molecule has 9 nitrogen and oxygen atoms in total. The minimum Gasteiger partial charge on any atom is -0.481 e. The molecule has 1 heterocycles. The highest BCUT2D eigenvalue weighted by Crippen LogP contribution is 2.37. The summed E-state index contributed by atoms with van der Waals surface area (Å²) in [5.74, 6) is -3.29. The average Bonchev–Trinajstić information content (AvgIpc) is 2.92. The zero-order valence-electron chi connectivity index (χ0n) is 25.7. The topological polar surface area (TPSA) is 117 Å². The van der Waals surface area contributed by atoms with Crippen molar-refractivity contribution in [1.29, 1.82) is 0 Å². The molecule has 2 atom stereocenters. The smallest absolute Gasteiger partial charge is 0.318 e. The fraction of sp³-hybridized carbons (Fsp3) is 0.719. The predicted octanol–water partition coefficient (Wildman–Crippen LogP) is 5.48. The number of ether oxygens (including phenoxy) is 2. The van der Waals surface area contributed by atoms with Gasteiger partial charge in [0.1, 0.15) is 6.10 Å². The monoisotopic (exact) mass is 573 g/mol. The minimum absolute atomic E-state index is 0.0964. The van der Waals surface area contributed by atoms with Crippen molar-refractivity contribution in [3.05, 3.63) is 35.9 Å². The van der Waals surface area contributed by atoms with Gasteiger partial charge in [-0.15, -0.1) is 0 Å². The highest BCUT2D eigenvalue weighted by atomic mass is 16.7. The molecular formula is C32H51N3O6. The van der Waals surface area contributed by atoms with Gasteiger partial charge in [-0.1, -0.05) is 89.6 Å². The van der Waals surface area contributed by atoms with Crippen molar-refractivity contribution in [2.24, 2.45) is 11.3 Å². The summed E-state index contributed by atoms with van der Waals surface area (Å²) in [6.07, 6.45) is 7.06. The van der Waals surface area contributed by atoms with E-state index in [0.717, 1.165) is 50.5 Å². The number of benzene rings is 1. The highest BCUT2D eigenvalue weighted by molar-refractivity contribution is 5.83. The van der Waals surface area contributed by atoms with Crippen LogP contribution in [0.2, 0.25) is 0 Å². The van der Waals surface area contributed by atoms with E-state index >= 15 is 0 Å². The highest BCUT2D eigenvalue weighted by Gasteiger charge is 2.48. The third kappa shape index (κ3) is 9.17. The first-order chi connectivity index (χ1) is 19.4. The van der Waals surface area contributed by atoms with Gasteiger partial charge in [-0.2, -0.15) is 0 Å². The van der Waals surface area contributed by atoms with E-state index in [1.54, 1.807) is 18.7 Å². The Morgan fingerprint density at radius 1 is 1.02 bits per heavy atom. The van der Waals surface area contributed by atoms with Crippen LogP contribution >= 0.6 is 0 Å². The van der Waals surface area contributed by atoms with Crippen LogP contribution in [0.15, 0.2) is 30.3 Å². The van der Waals surface area contributed by atoms with E-state index < -0.39 is 34.7 Å². The lowest BCUT2D eigenvalue weighted by molar-refractivity contribution is -0.304. The Balaban J connectivity index is 1.78. The lowest BCUT2D eigenvalue weighted by Gasteiger charge is -2.45. The number of carbonyl (C=O) groups excluding carboxylic acids is 2. The Hall–Kier alpha value is -2.65. The van der Waals surface area contributed by atoms with Crippen molar-refractivity contribution in [3.63, 3.8) is 0 Å². The van der Waals surface area contributed by atoms with Crippen LogP contribution in [0.1, 0.15) is 98.0 Å². The number of nitrogens with one attached hydrogen (secondary N) is 2. The van der Waals surface area contributed by atoms with Gasteiger partial charge in [0.15, 0.2) is 5.79 Å². The quantitative estimate of drug-likeness (QED) is 0.269. The van der Waals surface area contributed by atoms with E-state index in [0.29, 0.717) is 32.5 Å². The predicted molar refractivity (Wildman–Crippen MR) is 158 cm³/mol. The molecule has 1 aliphatic heterocycles. The third-order valence-corrected chi connectivity index (χ3v) is 8.47. The van der Waals surface area contributed by atoms with Crippen molar-refractivity contribution < 1.29 is 29.0 Å². The first-order valence-electron chi connectivity index (χ1n) is 15.3. The van der Waals surface area contributed by atoms with Crippen LogP contribution in [0.5, 0.6) is 0 Å². The number of carbonyl (C=O) groups is 3. The maximum Gasteiger partial charge on any atom is 0.318 e. The summed E-state index contributed by atoms with van der Waals surface area (Å²) in [5.41, 5.74) is -0.511. The van der Waals surface area contributed by atoms with E-state index in [1.807, 2.05) is 44.2 Å². The summed E-state index contributed by atoms with van der Waals surface area (Å²) >= 11 is 0. The van der Waals surface area contributed by atoms with Gasteiger partial charge in [0.2, 0.25) is 5.91 Å². The van der Waals surface area contributed by atoms with Crippen LogP contribution < -0.4 is 10.6 Å². The molecule has 0 radical (unpaired) electrons. The maximum atomic E-state index is 13.9. The zero-order chi connectivity index (χ0) is 30.1. The molecule has 9 heteroatoms. The molecule has 1 aliphatic carbocycles. The van der Waals surface area contributed by atoms with Crippen molar-refractivity contribution in [3.8, 4) is 0 Å². The minimum atomic E-state index is -1.03. The number of carboxylic acid groups (broad SMARTS) is 1. The van der Waals surface area contributed by atoms with E-state index in [1.165, 1.54) is 0 Å². The molecule has 2 aliphatic rings. The summed E-state index contributed by atoms with van der Waals surface area (Å²) in [6, 6.07) is 9.61. The van der Waals surface area contributed by atoms with Crippen LogP contribution in [0, 0.1) is 11.3 Å². The second-order valence-electron chi connectivity index (χ2n) is 12.9. The largest absolute Gasteiger partial charge is 0.481 e. The average molecular weight is 574 g/mol. The van der Waals surface area contributed by atoms with Gasteiger partial charge in [-0.3, -0.25) is 9.59 Å². The molecule has 0 aromatic heterocycles. The Kier molecular flexibility index (Phi) is 11.6. The lowest BCUT2D eigenvalue weighted by atomic mass is 9.72. The Morgan fingerprint density at radius 2 is 1.71 bits per heavy atom. The van der Waals surface area contributed by atoms with Gasteiger partial charge < -0.3 is 30.1 Å². The lowest BCUT2D eigenvalue weighted by Crippen LogP contribution is -2.63. The summed E-state index contributed by atoms with van der Waals surface area (Å²) in [4.78, 5) is 41.7. The molecule has 230 valence electrons. The standard InChI is InChI=1S/C32H51N3O6/c1-6-7-8-15-20-35(22-24-16-11-9-12-17-24)29(39)34-32(18-13-10-14-19-32)25(28(37)38)21-33-27(36)26-30(2,3)23-40-31(4,5)41-26/h9,11-12,16-17,25-26H,6-8,10,13-15,18-23H2,1-5H3,(H,33,36)(H,34,39)(H,37,38). The van der Waals surface area contributed by atoms with Gasteiger partial charge in [0.25, 0.3) is 0 Å². The summed E-state index contributed by atoms with van der Waals surface area (Å²) in [6.45, 7) is 10.8. The summed E-state index contributed by atoms with van der Waals surface area (Å²) < 4.78 is 11.7. The molecule has 0 spiro atoms. The number of nitrogens with zero attached hydrogens (tertiary/aromatic N) is 1. The molecule has 2 unspecified atom stereocenters. The molecule has 3 amide bonds. The molecule has 1 aromatic rings. The van der Waals surface area contributed by atoms with Crippen molar-refractivity contribution in [2.75, 3.05) is 19.7 Å². The third-order valence-electron chi connectivity index (χ3n) is 8.47. The van der Waals surface area contributed by atoms with Gasteiger partial charge in [-0.25, -0.2) is 4.79 Å². The number of carboxylic acids is 1. The number of amides is 3. The number of unbranched alkanes of at least 4 members (excludes halogenated alkanes) is 3. The number of hydrogen-bond donors (Lipinski definition) is 3. The van der Waals surface area contributed by atoms with Crippen LogP contribution in [0.25, 0.3) is 0 Å². The Morgan fingerprint density at radius 3 is 2.34 bits per heavy atom. The molecule has 2 fully saturated rings. The fourth-order valence-corrected chi connectivity index (χ4v) is 5.96. The first kappa shape index (κ1) is 32.9. The first-order valence-corrected chi connectivity index (χ1v) is 15.3. The van der Waals surface area contributed by atoms with Gasteiger partial charge in [0.05, 0.1) is 18.1 Å². The number of rotatable bonds is 13. The van der Waals surface area contributed by atoms with Gasteiger partial charge >= 0.3 is 12.0 Å². The van der Waals surface area contributed by atoms with E-state index in [-0.39, 0.29) is 18.5 Å². The van der Waals surface area contributed by atoms with Crippen LogP contribution in [-0.4, -0.2) is 65.0 Å². The summed E-state index contributed by atoms with van der Waals surface area (Å²) in [5, 5.41) is 16.5. The van der Waals surface area contributed by atoms with E-state index in [2.05, 4.69) is 17.6 Å². The molecule has 0 bridgehead atoms. The van der Waals surface area contributed by atoms with Crippen LogP contribution in [-0.2, 0) is 25.6 Å². The number of aliphatic carboxylic acids is 1. The van der Waals surface area contributed by atoms with Crippen molar-refractivity contribution >= 4 is 17.9 Å². The Labute approximate surface area is 245 Å². The molecule has 1 saturated heterocycles. The Bertz CT molecular complexity index is 1010. The number of hydrogen-bond acceptors (Lipinski definition) is 5. The van der Waals surface area contributed by atoms with Crippen LogP contribution in [0.3, 0.4) is 0 Å². The van der Waals surface area contributed by atoms with Crippen LogP contribution in [0.4, 0.5) is 4.79 Å². The molecule has 3 N–H and O–H groups in total. The number of urea groups is 1. The molecule has 1 aromatic carbocycles. The van der Waals surface area contributed by atoms with Crippen molar-refractivity contribution in [1.82, 2.24) is 15.5 Å².